The zero-order chi connectivity index (χ0) is 17.2. The van der Waals surface area contributed by atoms with Gasteiger partial charge >= 0.3 is 0 Å². The van der Waals surface area contributed by atoms with Crippen LogP contribution in [0.4, 0.5) is 0 Å². The Balaban J connectivity index is 1.67. The van der Waals surface area contributed by atoms with Crippen molar-refractivity contribution in [3.8, 4) is 11.5 Å². The fourth-order valence-electron chi connectivity index (χ4n) is 2.03. The molecule has 1 amide bonds. The molecule has 0 unspecified atom stereocenters. The number of carbonyl (C=O) groups excluding carboxylic acids is 1. The molecule has 0 aliphatic rings. The van der Waals surface area contributed by atoms with Gasteiger partial charge in [-0.05, 0) is 38.1 Å². The predicted octanol–water partition coefficient (Wildman–Crippen LogP) is 3.68. The topological polar surface area (TPSA) is 47.6 Å². The van der Waals surface area contributed by atoms with Crippen LogP contribution in [0, 0.1) is 6.92 Å². The molecule has 0 saturated carbocycles. The first kappa shape index (κ1) is 18.2. The van der Waals surface area contributed by atoms with E-state index in [0.717, 1.165) is 5.75 Å². The van der Waals surface area contributed by atoms with Crippen LogP contribution in [0.15, 0.2) is 53.4 Å². The summed E-state index contributed by atoms with van der Waals surface area (Å²) in [5.74, 6) is 1.93. The number of hydrogen-bond donors (Lipinski definition) is 1. The van der Waals surface area contributed by atoms with Crippen molar-refractivity contribution >= 4 is 17.7 Å². The van der Waals surface area contributed by atoms with Crippen molar-refractivity contribution < 1.29 is 14.3 Å². The Labute approximate surface area is 147 Å². The van der Waals surface area contributed by atoms with E-state index in [2.05, 4.69) is 36.5 Å². The number of thioether (sulfide) groups is 1. The second-order valence-corrected chi connectivity index (χ2v) is 6.35. The van der Waals surface area contributed by atoms with E-state index in [4.69, 9.17) is 9.47 Å². The second-order valence-electron chi connectivity index (χ2n) is 5.18. The zero-order valence-electron chi connectivity index (χ0n) is 14.1. The Kier molecular flexibility index (Phi) is 7.49. The normalized spacial score (nSPS) is 10.2. The molecule has 0 bridgehead atoms. The summed E-state index contributed by atoms with van der Waals surface area (Å²) in [7, 11) is 0. The third-order valence-corrected chi connectivity index (χ3v) is 4.24. The Bertz CT molecular complexity index is 643. The summed E-state index contributed by atoms with van der Waals surface area (Å²) in [5.41, 5.74) is 1.25. The van der Waals surface area contributed by atoms with E-state index in [1.807, 2.05) is 25.1 Å². The third-order valence-electron chi connectivity index (χ3n) is 3.22. The van der Waals surface area contributed by atoms with E-state index in [-0.39, 0.29) is 12.5 Å². The summed E-state index contributed by atoms with van der Waals surface area (Å²) >= 11 is 1.72. The summed E-state index contributed by atoms with van der Waals surface area (Å²) in [6.45, 7) is 5.13. The highest BCUT2D eigenvalue weighted by atomic mass is 32.2. The Hall–Kier alpha value is -2.14. The first-order chi connectivity index (χ1) is 11.7. The molecule has 0 fully saturated rings. The molecule has 2 aromatic rings. The van der Waals surface area contributed by atoms with Crippen LogP contribution in [0.1, 0.15) is 12.5 Å². The molecule has 0 aromatic heterocycles. The van der Waals surface area contributed by atoms with Crippen LogP contribution < -0.4 is 14.8 Å². The van der Waals surface area contributed by atoms with Crippen molar-refractivity contribution in [3.63, 3.8) is 0 Å². The molecule has 0 aliphatic carbocycles. The number of rotatable bonds is 9. The average Bonchev–Trinajstić information content (AvgIpc) is 2.60. The molecule has 1 N–H and O–H groups in total. The highest BCUT2D eigenvalue weighted by Crippen LogP contribution is 2.26. The number of ether oxygens (including phenoxy) is 2. The number of amides is 1. The molecule has 0 atom stereocenters. The molecule has 24 heavy (non-hydrogen) atoms. The average molecular weight is 345 g/mol. The van der Waals surface area contributed by atoms with Crippen molar-refractivity contribution in [2.45, 2.75) is 18.7 Å². The van der Waals surface area contributed by atoms with Crippen LogP contribution in [0.3, 0.4) is 0 Å². The minimum absolute atomic E-state index is 0.0146. The monoisotopic (exact) mass is 345 g/mol. The van der Waals surface area contributed by atoms with E-state index in [1.165, 1.54) is 10.5 Å². The lowest BCUT2D eigenvalue weighted by Gasteiger charge is -2.11. The lowest BCUT2D eigenvalue weighted by atomic mass is 10.2. The number of aryl methyl sites for hydroxylation is 1. The molecule has 2 rings (SSSR count). The van der Waals surface area contributed by atoms with Crippen LogP contribution in [-0.4, -0.2) is 31.4 Å². The van der Waals surface area contributed by atoms with Gasteiger partial charge in [-0.2, -0.15) is 0 Å². The van der Waals surface area contributed by atoms with Crippen LogP contribution in [0.2, 0.25) is 0 Å². The van der Waals surface area contributed by atoms with Crippen molar-refractivity contribution in [1.82, 2.24) is 5.32 Å². The van der Waals surface area contributed by atoms with Gasteiger partial charge in [0.1, 0.15) is 0 Å². The lowest BCUT2D eigenvalue weighted by molar-refractivity contribution is -0.122. The van der Waals surface area contributed by atoms with E-state index in [9.17, 15) is 4.79 Å². The van der Waals surface area contributed by atoms with Gasteiger partial charge in [-0.3, -0.25) is 4.79 Å². The lowest BCUT2D eigenvalue weighted by Crippen LogP contribution is -2.30. The van der Waals surface area contributed by atoms with Crippen LogP contribution in [0.25, 0.3) is 0 Å². The molecule has 5 heteroatoms. The van der Waals surface area contributed by atoms with Crippen molar-refractivity contribution in [1.29, 1.82) is 0 Å². The molecule has 0 spiro atoms. The number of benzene rings is 2. The Morgan fingerprint density at radius 1 is 1.04 bits per heavy atom. The summed E-state index contributed by atoms with van der Waals surface area (Å²) in [6.07, 6.45) is 0. The van der Waals surface area contributed by atoms with E-state index in [1.54, 1.807) is 17.8 Å². The van der Waals surface area contributed by atoms with Gasteiger partial charge in [-0.15, -0.1) is 11.8 Å². The van der Waals surface area contributed by atoms with Gasteiger partial charge in [0.2, 0.25) is 0 Å². The highest BCUT2D eigenvalue weighted by molar-refractivity contribution is 7.99. The first-order valence-corrected chi connectivity index (χ1v) is 8.98. The molecule has 0 saturated heterocycles. The van der Waals surface area contributed by atoms with Crippen molar-refractivity contribution in [2.24, 2.45) is 0 Å². The minimum atomic E-state index is -0.134. The summed E-state index contributed by atoms with van der Waals surface area (Å²) < 4.78 is 11.0. The van der Waals surface area contributed by atoms with Gasteiger partial charge in [0.25, 0.3) is 5.91 Å². The van der Waals surface area contributed by atoms with Crippen LogP contribution >= 0.6 is 11.8 Å². The smallest absolute Gasteiger partial charge is 0.257 e. The third kappa shape index (κ3) is 6.16. The summed E-state index contributed by atoms with van der Waals surface area (Å²) in [6, 6.07) is 15.7. The van der Waals surface area contributed by atoms with Gasteiger partial charge in [0.05, 0.1) is 6.61 Å². The number of nitrogens with one attached hydrogen (secondary N) is 1. The maximum atomic E-state index is 11.9. The molecular formula is C19H23NO3S. The second kappa shape index (κ2) is 9.88. The number of carbonyl (C=O) groups is 1. The van der Waals surface area contributed by atoms with E-state index in [0.29, 0.717) is 24.7 Å². The SMILES string of the molecule is CCOc1ccccc1OCC(=O)NCCSc1ccc(C)cc1. The molecule has 2 aromatic carbocycles. The molecule has 0 radical (unpaired) electrons. The molecule has 0 heterocycles. The zero-order valence-corrected chi connectivity index (χ0v) is 14.9. The van der Waals surface area contributed by atoms with Crippen LogP contribution in [0.5, 0.6) is 11.5 Å². The van der Waals surface area contributed by atoms with Crippen molar-refractivity contribution in [2.75, 3.05) is 25.5 Å². The standard InChI is InChI=1S/C19H23NO3S/c1-3-22-17-6-4-5-7-18(17)23-14-19(21)20-12-13-24-16-10-8-15(2)9-11-16/h4-11H,3,12-14H2,1-2H3,(H,20,21). The fraction of sp³-hybridized carbons (Fsp3) is 0.316. The largest absolute Gasteiger partial charge is 0.490 e. The van der Waals surface area contributed by atoms with Crippen LogP contribution in [-0.2, 0) is 4.79 Å². The Morgan fingerprint density at radius 3 is 2.38 bits per heavy atom. The number of para-hydroxylation sites is 2. The van der Waals surface area contributed by atoms with Crippen molar-refractivity contribution in [3.05, 3.63) is 54.1 Å². The summed E-state index contributed by atoms with van der Waals surface area (Å²) in [4.78, 5) is 13.1. The van der Waals surface area contributed by atoms with Gasteiger partial charge < -0.3 is 14.8 Å². The Morgan fingerprint density at radius 2 is 1.71 bits per heavy atom. The maximum Gasteiger partial charge on any atom is 0.257 e. The number of hydrogen-bond acceptors (Lipinski definition) is 4. The molecule has 128 valence electrons. The first-order valence-electron chi connectivity index (χ1n) is 8.00. The van der Waals surface area contributed by atoms with Gasteiger partial charge in [0.15, 0.2) is 18.1 Å². The van der Waals surface area contributed by atoms with Gasteiger partial charge in [-0.25, -0.2) is 0 Å². The quantitative estimate of drug-likeness (QED) is 0.556. The van der Waals surface area contributed by atoms with Gasteiger partial charge in [-0.1, -0.05) is 29.8 Å². The fourth-order valence-corrected chi connectivity index (χ4v) is 2.80. The molecule has 0 aliphatic heterocycles. The highest BCUT2D eigenvalue weighted by Gasteiger charge is 2.07. The van der Waals surface area contributed by atoms with Gasteiger partial charge in [0, 0.05) is 17.2 Å². The van der Waals surface area contributed by atoms with E-state index >= 15 is 0 Å². The predicted molar refractivity (Wildman–Crippen MR) is 98.0 cm³/mol. The summed E-state index contributed by atoms with van der Waals surface area (Å²) in [5, 5.41) is 2.86. The minimum Gasteiger partial charge on any atom is -0.490 e. The maximum absolute atomic E-state index is 11.9. The molecular weight excluding hydrogens is 322 g/mol. The van der Waals surface area contributed by atoms with E-state index < -0.39 is 0 Å². The molecule has 4 nitrogen and oxygen atoms in total.